The molecule has 1 aromatic rings. The Morgan fingerprint density at radius 3 is 3.00 bits per heavy atom. The highest BCUT2D eigenvalue weighted by Crippen LogP contribution is 2.43. The van der Waals surface area contributed by atoms with Crippen molar-refractivity contribution in [2.75, 3.05) is 20.7 Å². The Bertz CT molecular complexity index is 681. The van der Waals surface area contributed by atoms with E-state index in [1.54, 1.807) is 7.11 Å². The topological polar surface area (TPSA) is 57.2 Å². The second kappa shape index (κ2) is 7.04. The van der Waals surface area contributed by atoms with E-state index in [0.717, 1.165) is 25.1 Å². The molecule has 25 heavy (non-hydrogen) atoms. The second-order valence-corrected chi connectivity index (χ2v) is 7.24. The number of rotatable bonds is 4. The smallest absolute Gasteiger partial charge is 0.358 e. The number of likely N-dealkylation sites (N-methyl/N-ethyl adjacent to an activating group) is 1. The fourth-order valence-corrected chi connectivity index (χ4v) is 4.60. The Morgan fingerprint density at radius 2 is 2.20 bits per heavy atom. The molecule has 1 saturated heterocycles. The van der Waals surface area contributed by atoms with Crippen molar-refractivity contribution in [3.8, 4) is 11.5 Å². The summed E-state index contributed by atoms with van der Waals surface area (Å²) in [6.07, 6.45) is 5.55. The van der Waals surface area contributed by atoms with Crippen LogP contribution in [-0.4, -0.2) is 43.9 Å². The summed E-state index contributed by atoms with van der Waals surface area (Å²) in [4.78, 5) is 7.76. The van der Waals surface area contributed by atoms with Crippen LogP contribution in [0, 0.1) is 11.8 Å². The van der Waals surface area contributed by atoms with Crippen LogP contribution >= 0.6 is 8.69 Å². The molecule has 0 unspecified atom stereocenters. The van der Waals surface area contributed by atoms with Crippen LogP contribution in [0.25, 0.3) is 0 Å². The lowest BCUT2D eigenvalue weighted by molar-refractivity contribution is -0.251. The summed E-state index contributed by atoms with van der Waals surface area (Å²) in [5.74, 6) is 2.12. The van der Waals surface area contributed by atoms with E-state index in [1.165, 1.54) is 5.56 Å². The molecule has 0 radical (unpaired) electrons. The standard InChI is InChI=1S/C18H22NO5P/c1-19-8-7-13-12-4-6-16(23-24-25-20)18(13)22-17-10-11(9-14(12)19)3-5-15(17)21-2/h3-6,10,12-14,16,18H,7-9H2,1-2H3/t12-,13+,14-,16+,18-/m1/s1. The number of benzene rings is 1. The lowest BCUT2D eigenvalue weighted by Crippen LogP contribution is -2.55. The molecule has 0 N–H and O–H groups in total. The number of methoxy groups -OCH3 is 1. The molecule has 3 aliphatic rings. The van der Waals surface area contributed by atoms with Gasteiger partial charge in [0.05, 0.1) is 7.11 Å². The maximum absolute atomic E-state index is 10.7. The predicted octanol–water partition coefficient (Wildman–Crippen LogP) is 3.03. The van der Waals surface area contributed by atoms with E-state index in [1.807, 2.05) is 12.1 Å². The fourth-order valence-electron chi connectivity index (χ4n) is 4.46. The maximum atomic E-state index is 10.7. The van der Waals surface area contributed by atoms with Crippen molar-refractivity contribution in [3.05, 3.63) is 35.9 Å². The SMILES string of the molecule is COc1ccc2cc1O[C@@H]1[C@H]3CCN(C)[C@H](C2)[C@@H]3C=C[C@@H]1OOP=O. The number of fused-ring (bicyclic) bond motifs is 2. The molecule has 1 aliphatic carbocycles. The minimum atomic E-state index is -0.499. The van der Waals surface area contributed by atoms with Crippen molar-refractivity contribution in [1.29, 1.82) is 0 Å². The molecule has 4 rings (SSSR count). The molecule has 1 aromatic carbocycles. The van der Waals surface area contributed by atoms with Crippen LogP contribution in [0.1, 0.15) is 12.0 Å². The third kappa shape index (κ3) is 3.08. The van der Waals surface area contributed by atoms with Gasteiger partial charge in [0.25, 0.3) is 0 Å². The molecule has 0 saturated carbocycles. The van der Waals surface area contributed by atoms with Gasteiger partial charge in [0, 0.05) is 12.0 Å². The van der Waals surface area contributed by atoms with Gasteiger partial charge in [-0.05, 0) is 50.0 Å². The quantitative estimate of drug-likeness (QED) is 0.355. The van der Waals surface area contributed by atoms with Crippen LogP contribution in [0.5, 0.6) is 11.5 Å². The van der Waals surface area contributed by atoms with Crippen molar-refractivity contribution < 1.29 is 23.6 Å². The largest absolute Gasteiger partial charge is 0.493 e. The van der Waals surface area contributed by atoms with Crippen molar-refractivity contribution in [1.82, 2.24) is 4.90 Å². The summed E-state index contributed by atoms with van der Waals surface area (Å²) in [5, 5.41) is 0. The molecule has 0 aromatic heterocycles. The van der Waals surface area contributed by atoms with Crippen LogP contribution in [0.3, 0.4) is 0 Å². The van der Waals surface area contributed by atoms with E-state index in [-0.39, 0.29) is 6.10 Å². The van der Waals surface area contributed by atoms with Gasteiger partial charge in [-0.25, -0.2) is 9.45 Å². The van der Waals surface area contributed by atoms with Crippen molar-refractivity contribution in [3.63, 3.8) is 0 Å². The predicted molar refractivity (Wildman–Crippen MR) is 91.8 cm³/mol. The van der Waals surface area contributed by atoms with Gasteiger partial charge in [0.1, 0.15) is 12.2 Å². The zero-order valence-electron chi connectivity index (χ0n) is 14.3. The summed E-state index contributed by atoms with van der Waals surface area (Å²) in [7, 11) is 3.33. The van der Waals surface area contributed by atoms with Crippen LogP contribution in [0.15, 0.2) is 30.4 Å². The Morgan fingerprint density at radius 1 is 1.32 bits per heavy atom. The molecular formula is C18H22NO5P. The molecule has 134 valence electrons. The molecule has 2 aliphatic heterocycles. The van der Waals surface area contributed by atoms with E-state index in [0.29, 0.717) is 23.6 Å². The van der Waals surface area contributed by atoms with Crippen molar-refractivity contribution in [2.45, 2.75) is 31.1 Å². The summed E-state index contributed by atoms with van der Waals surface area (Å²) >= 11 is 0. The highest BCUT2D eigenvalue weighted by Gasteiger charge is 2.46. The van der Waals surface area contributed by atoms with Gasteiger partial charge < -0.3 is 14.4 Å². The summed E-state index contributed by atoms with van der Waals surface area (Å²) in [5.41, 5.74) is 1.24. The first-order chi connectivity index (χ1) is 12.2. The Balaban J connectivity index is 1.77. The number of nitrogens with zero attached hydrogens (tertiary/aromatic N) is 1. The molecule has 5 atom stereocenters. The molecular weight excluding hydrogens is 341 g/mol. The normalized spacial score (nSPS) is 33.9. The van der Waals surface area contributed by atoms with E-state index >= 15 is 0 Å². The highest BCUT2D eigenvalue weighted by atomic mass is 31.1. The maximum Gasteiger partial charge on any atom is 0.358 e. The zero-order valence-corrected chi connectivity index (χ0v) is 15.2. The van der Waals surface area contributed by atoms with Crippen LogP contribution < -0.4 is 9.47 Å². The van der Waals surface area contributed by atoms with Crippen molar-refractivity contribution >= 4 is 8.69 Å². The van der Waals surface area contributed by atoms with Gasteiger partial charge in [0.2, 0.25) is 0 Å². The molecule has 7 heteroatoms. The molecule has 6 bridgehead atoms. The van der Waals surface area contributed by atoms with Gasteiger partial charge in [0.15, 0.2) is 11.5 Å². The second-order valence-electron chi connectivity index (χ2n) is 6.94. The number of piperidine rings is 1. The number of hydrogen-bond acceptors (Lipinski definition) is 6. The number of likely N-dealkylation sites (tertiary alicyclic amines) is 1. The Labute approximate surface area is 148 Å². The molecule has 1 fully saturated rings. The van der Waals surface area contributed by atoms with E-state index in [9.17, 15) is 4.57 Å². The fraction of sp³-hybridized carbons (Fsp3) is 0.556. The molecule has 0 amide bonds. The first-order valence-electron chi connectivity index (χ1n) is 8.58. The molecule has 6 nitrogen and oxygen atoms in total. The van der Waals surface area contributed by atoms with Gasteiger partial charge in [-0.2, -0.15) is 0 Å². The van der Waals surface area contributed by atoms with E-state index in [4.69, 9.17) is 14.4 Å². The zero-order chi connectivity index (χ0) is 17.4. The van der Waals surface area contributed by atoms with Gasteiger partial charge >= 0.3 is 8.69 Å². The first kappa shape index (κ1) is 17.0. The van der Waals surface area contributed by atoms with Crippen LogP contribution in [0.4, 0.5) is 0 Å². The lowest BCUT2D eigenvalue weighted by Gasteiger charge is -2.47. The Hall–Kier alpha value is -1.46. The Kier molecular flexibility index (Phi) is 4.78. The van der Waals surface area contributed by atoms with Crippen LogP contribution in [0.2, 0.25) is 0 Å². The first-order valence-corrected chi connectivity index (χ1v) is 9.31. The van der Waals surface area contributed by atoms with E-state index < -0.39 is 14.8 Å². The third-order valence-electron chi connectivity index (χ3n) is 5.71. The minimum absolute atomic E-state index is 0.213. The minimum Gasteiger partial charge on any atom is -0.493 e. The molecule has 0 spiro atoms. The van der Waals surface area contributed by atoms with Crippen LogP contribution in [-0.2, 0) is 20.5 Å². The average molecular weight is 363 g/mol. The van der Waals surface area contributed by atoms with E-state index in [2.05, 4.69) is 34.8 Å². The van der Waals surface area contributed by atoms with Gasteiger partial charge in [-0.1, -0.05) is 18.2 Å². The summed E-state index contributed by atoms with van der Waals surface area (Å²) in [6.45, 7) is 1.01. The van der Waals surface area contributed by atoms with Crippen molar-refractivity contribution in [2.24, 2.45) is 11.8 Å². The van der Waals surface area contributed by atoms with Gasteiger partial charge in [-0.3, -0.25) is 0 Å². The van der Waals surface area contributed by atoms with Gasteiger partial charge in [-0.15, -0.1) is 4.67 Å². The average Bonchev–Trinajstić information content (AvgIpc) is 2.64. The lowest BCUT2D eigenvalue weighted by atomic mass is 9.71. The number of hydrogen-bond donors (Lipinski definition) is 0. The summed E-state index contributed by atoms with van der Waals surface area (Å²) < 4.78 is 27.2. The monoisotopic (exact) mass is 363 g/mol. The highest BCUT2D eigenvalue weighted by molar-refractivity contribution is 7.17. The molecule has 2 heterocycles. The summed E-state index contributed by atoms with van der Waals surface area (Å²) in [6, 6.07) is 6.54. The number of ether oxygens (including phenoxy) is 2. The third-order valence-corrected chi connectivity index (χ3v) is 5.86.